The summed E-state index contributed by atoms with van der Waals surface area (Å²) in [4.78, 5) is 46.0. The molecule has 8 heteroatoms. The van der Waals surface area contributed by atoms with E-state index < -0.39 is 33.4 Å². The van der Waals surface area contributed by atoms with E-state index in [0.717, 1.165) is 16.8 Å². The highest BCUT2D eigenvalue weighted by Crippen LogP contribution is 2.72. The van der Waals surface area contributed by atoms with Crippen molar-refractivity contribution >= 4 is 35.2 Å². The fraction of sp³-hybridized carbons (Fsp3) is 0.581. The van der Waals surface area contributed by atoms with Gasteiger partial charge in [-0.25, -0.2) is 0 Å². The summed E-state index contributed by atoms with van der Waals surface area (Å²) in [5.74, 6) is -2.26. The average Bonchev–Trinajstić information content (AvgIpc) is 3.45. The van der Waals surface area contributed by atoms with E-state index in [0.29, 0.717) is 19.3 Å². The number of benzene rings is 1. The lowest BCUT2D eigenvalue weighted by Crippen LogP contribution is -2.58. The van der Waals surface area contributed by atoms with Crippen molar-refractivity contribution in [3.63, 3.8) is 0 Å². The van der Waals surface area contributed by atoms with Gasteiger partial charge in [-0.05, 0) is 63.1 Å². The second kappa shape index (κ2) is 11.1. The fourth-order valence-electron chi connectivity index (χ4n) is 6.90. The molecule has 3 aliphatic heterocycles. The van der Waals surface area contributed by atoms with Crippen molar-refractivity contribution in [1.29, 1.82) is 0 Å². The van der Waals surface area contributed by atoms with Crippen LogP contribution in [0.2, 0.25) is 0 Å². The van der Waals surface area contributed by atoms with Crippen molar-refractivity contribution in [2.75, 3.05) is 24.7 Å². The minimum Gasteiger partial charge on any atom is -0.465 e. The Bertz CT molecular complexity index is 1170. The number of thioether (sulfide) groups is 1. The van der Waals surface area contributed by atoms with Crippen LogP contribution in [0, 0.1) is 31.6 Å². The zero-order valence-corrected chi connectivity index (χ0v) is 24.6. The van der Waals surface area contributed by atoms with E-state index in [1.54, 1.807) is 33.7 Å². The molecular weight excluding hydrogens is 512 g/mol. The first-order valence-electron chi connectivity index (χ1n) is 13.9. The number of aryl methyl sites for hydroxylation is 2. The molecule has 7 nitrogen and oxygen atoms in total. The van der Waals surface area contributed by atoms with E-state index in [-0.39, 0.29) is 43.5 Å². The number of carbonyl (C=O) groups is 3. The van der Waals surface area contributed by atoms with Gasteiger partial charge in [0.15, 0.2) is 0 Å². The van der Waals surface area contributed by atoms with Crippen molar-refractivity contribution in [2.24, 2.45) is 17.8 Å². The number of hydrogen-bond donors (Lipinski definition) is 1. The summed E-state index contributed by atoms with van der Waals surface area (Å²) in [6.07, 6.45) is 5.27. The van der Waals surface area contributed by atoms with Crippen LogP contribution >= 0.6 is 11.8 Å². The number of nitrogens with zero attached hydrogens (tertiary/aromatic N) is 2. The maximum atomic E-state index is 14.8. The lowest BCUT2D eigenvalue weighted by Gasteiger charge is -2.41. The third-order valence-corrected chi connectivity index (χ3v) is 10.8. The number of likely N-dealkylation sites (tertiary alicyclic amines) is 1. The lowest BCUT2D eigenvalue weighted by atomic mass is 9.66. The highest BCUT2D eigenvalue weighted by Gasteiger charge is 2.78. The molecule has 1 aromatic carbocycles. The molecule has 1 N–H and O–H groups in total. The maximum absolute atomic E-state index is 14.8. The third-order valence-electron chi connectivity index (χ3n) is 8.82. The number of amides is 2. The lowest BCUT2D eigenvalue weighted by molar-refractivity contribution is -0.156. The summed E-state index contributed by atoms with van der Waals surface area (Å²) < 4.78 is 4.34. The molecule has 212 valence electrons. The van der Waals surface area contributed by atoms with Gasteiger partial charge < -0.3 is 19.6 Å². The fourth-order valence-corrected chi connectivity index (χ4v) is 9.23. The zero-order chi connectivity index (χ0) is 28.7. The number of hydrogen-bond acceptors (Lipinski definition) is 6. The van der Waals surface area contributed by atoms with Crippen LogP contribution in [-0.2, 0) is 19.1 Å². The van der Waals surface area contributed by atoms with E-state index in [9.17, 15) is 19.5 Å². The van der Waals surface area contributed by atoms with E-state index in [1.165, 1.54) is 0 Å². The minimum absolute atomic E-state index is 0.0891. The number of aliphatic hydroxyl groups is 1. The first-order valence-corrected chi connectivity index (χ1v) is 14.7. The molecule has 39 heavy (non-hydrogen) atoms. The number of ether oxygens (including phenoxy) is 1. The van der Waals surface area contributed by atoms with E-state index in [2.05, 4.69) is 13.2 Å². The van der Waals surface area contributed by atoms with Crippen LogP contribution in [0.4, 0.5) is 5.69 Å². The van der Waals surface area contributed by atoms with Crippen molar-refractivity contribution in [2.45, 2.75) is 75.5 Å². The van der Waals surface area contributed by atoms with Gasteiger partial charge in [-0.2, -0.15) is 0 Å². The molecule has 4 rings (SSSR count). The molecule has 6 atom stereocenters. The summed E-state index contributed by atoms with van der Waals surface area (Å²) in [7, 11) is 0. The van der Waals surface area contributed by atoms with E-state index >= 15 is 0 Å². The number of aliphatic hydroxyl groups excluding tert-OH is 1. The first kappa shape index (κ1) is 29.4. The Balaban J connectivity index is 1.85. The average molecular weight is 555 g/mol. The van der Waals surface area contributed by atoms with Crippen LogP contribution in [0.3, 0.4) is 0 Å². The van der Waals surface area contributed by atoms with Crippen molar-refractivity contribution < 1.29 is 24.2 Å². The van der Waals surface area contributed by atoms with E-state index in [1.807, 2.05) is 52.8 Å². The molecule has 3 fully saturated rings. The quantitative estimate of drug-likeness (QED) is 0.247. The van der Waals surface area contributed by atoms with Gasteiger partial charge in [-0.3, -0.25) is 14.4 Å². The number of esters is 1. The summed E-state index contributed by atoms with van der Waals surface area (Å²) in [5.41, 5.74) is 2.75. The topological polar surface area (TPSA) is 87.1 Å². The van der Waals surface area contributed by atoms with Gasteiger partial charge in [0.05, 0.1) is 35.8 Å². The molecule has 2 amide bonds. The molecule has 1 aromatic rings. The molecule has 0 radical (unpaired) electrons. The largest absolute Gasteiger partial charge is 0.465 e. The van der Waals surface area contributed by atoms with Crippen LogP contribution in [0.25, 0.3) is 0 Å². The zero-order valence-electron chi connectivity index (χ0n) is 23.8. The summed E-state index contributed by atoms with van der Waals surface area (Å²) in [5, 5.41) is 10.5. The van der Waals surface area contributed by atoms with Crippen molar-refractivity contribution in [3.05, 3.63) is 54.6 Å². The van der Waals surface area contributed by atoms with Crippen LogP contribution in [0.15, 0.2) is 43.5 Å². The van der Waals surface area contributed by atoms with Crippen LogP contribution in [0.1, 0.15) is 51.2 Å². The molecule has 0 aromatic heterocycles. The monoisotopic (exact) mass is 554 g/mol. The van der Waals surface area contributed by atoms with Gasteiger partial charge in [0.25, 0.3) is 5.91 Å². The molecule has 2 bridgehead atoms. The number of anilines is 1. The Hall–Kier alpha value is -2.58. The SMILES string of the molecule is C=CCCOC(=O)[C@@H]1[C@H]2C(=O)N([C@@H](CO)C(C)C)C(C(=O)N(CC=C)c3cc(C)ccc3C)C23CC[C@@]1(C)S3. The summed E-state index contributed by atoms with van der Waals surface area (Å²) >= 11 is 1.61. The highest BCUT2D eigenvalue weighted by molar-refractivity contribution is 8.02. The Kier molecular flexibility index (Phi) is 8.39. The Morgan fingerprint density at radius 1 is 1.26 bits per heavy atom. The van der Waals surface area contributed by atoms with Crippen LogP contribution in [0.5, 0.6) is 0 Å². The predicted molar refractivity (Wildman–Crippen MR) is 156 cm³/mol. The normalized spacial score (nSPS) is 29.9. The Labute approximate surface area is 236 Å². The first-order chi connectivity index (χ1) is 18.5. The van der Waals surface area contributed by atoms with Gasteiger partial charge in [-0.1, -0.05) is 38.1 Å². The molecule has 0 saturated carbocycles. The maximum Gasteiger partial charge on any atom is 0.311 e. The van der Waals surface area contributed by atoms with Crippen LogP contribution < -0.4 is 4.90 Å². The molecule has 2 unspecified atom stereocenters. The second-order valence-corrected chi connectivity index (χ2v) is 13.6. The third kappa shape index (κ3) is 4.73. The molecular formula is C31H42N2O5S. The number of carbonyl (C=O) groups excluding carboxylic acids is 3. The number of rotatable bonds is 11. The standard InChI is InChI=1S/C31H42N2O5S/c1-8-10-16-38-29(37)25-24-27(35)33(23(18-34)19(3)4)26(31(24)14-13-30(25,7)39-31)28(36)32(15-9-2)22-17-20(5)11-12-21(22)6/h8-9,11-12,17,19,23-26,34H,1-2,10,13-16,18H2,3-7H3/t23-,24-,25-,26?,30+,31?/m0/s1. The Morgan fingerprint density at radius 3 is 2.59 bits per heavy atom. The summed E-state index contributed by atoms with van der Waals surface area (Å²) in [6.45, 7) is 17.7. The predicted octanol–water partition coefficient (Wildman–Crippen LogP) is 4.44. The molecule has 1 spiro atoms. The van der Waals surface area contributed by atoms with Gasteiger partial charge in [-0.15, -0.1) is 24.9 Å². The molecule has 3 aliphatic rings. The van der Waals surface area contributed by atoms with E-state index in [4.69, 9.17) is 4.74 Å². The van der Waals surface area contributed by atoms with Crippen molar-refractivity contribution in [3.8, 4) is 0 Å². The van der Waals surface area contributed by atoms with Crippen molar-refractivity contribution in [1.82, 2.24) is 4.90 Å². The minimum atomic E-state index is -0.827. The van der Waals surface area contributed by atoms with Gasteiger partial charge in [0.2, 0.25) is 5.91 Å². The van der Waals surface area contributed by atoms with Gasteiger partial charge in [0, 0.05) is 17.0 Å². The number of fused-ring (bicyclic) bond motifs is 1. The van der Waals surface area contributed by atoms with Gasteiger partial charge in [0.1, 0.15) is 6.04 Å². The Morgan fingerprint density at radius 2 is 1.97 bits per heavy atom. The van der Waals surface area contributed by atoms with Crippen LogP contribution in [-0.4, -0.2) is 69.1 Å². The molecule has 0 aliphatic carbocycles. The second-order valence-electron chi connectivity index (χ2n) is 11.7. The highest BCUT2D eigenvalue weighted by atomic mass is 32.2. The van der Waals surface area contributed by atoms with Gasteiger partial charge >= 0.3 is 5.97 Å². The molecule has 3 saturated heterocycles. The summed E-state index contributed by atoms with van der Waals surface area (Å²) in [6, 6.07) is 4.60. The molecule has 3 heterocycles. The smallest absolute Gasteiger partial charge is 0.311 e.